The molecular formula is C9H3Cl3N4S. The van der Waals surface area contributed by atoms with Gasteiger partial charge in [0.2, 0.25) is 4.96 Å². The lowest BCUT2D eigenvalue weighted by Gasteiger charge is -2.01. The van der Waals surface area contributed by atoms with E-state index in [0.717, 1.165) is 10.6 Å². The molecule has 17 heavy (non-hydrogen) atoms. The van der Waals surface area contributed by atoms with Gasteiger partial charge in [-0.05, 0) is 12.1 Å². The van der Waals surface area contributed by atoms with Gasteiger partial charge in [-0.1, -0.05) is 46.1 Å². The van der Waals surface area contributed by atoms with Crippen LogP contribution < -0.4 is 0 Å². The molecule has 3 rings (SSSR count). The van der Waals surface area contributed by atoms with E-state index < -0.39 is 0 Å². The first-order valence-corrected chi connectivity index (χ1v) is 6.42. The topological polar surface area (TPSA) is 43.1 Å². The monoisotopic (exact) mass is 304 g/mol. The van der Waals surface area contributed by atoms with E-state index in [9.17, 15) is 0 Å². The van der Waals surface area contributed by atoms with Crippen molar-refractivity contribution in [2.75, 3.05) is 0 Å². The van der Waals surface area contributed by atoms with Crippen molar-refractivity contribution in [3.63, 3.8) is 0 Å². The maximum Gasteiger partial charge on any atom is 0.234 e. The van der Waals surface area contributed by atoms with Gasteiger partial charge in [-0.2, -0.15) is 9.61 Å². The lowest BCUT2D eigenvalue weighted by atomic mass is 10.2. The van der Waals surface area contributed by atoms with Crippen LogP contribution >= 0.6 is 46.1 Å². The predicted octanol–water partition coefficient (Wildman–Crippen LogP) is 3.81. The van der Waals surface area contributed by atoms with Crippen LogP contribution in [0.2, 0.25) is 15.1 Å². The molecule has 0 amide bonds. The van der Waals surface area contributed by atoms with Gasteiger partial charge in [0.1, 0.15) is 11.3 Å². The lowest BCUT2D eigenvalue weighted by molar-refractivity contribution is 0.960. The molecule has 2 heterocycles. The van der Waals surface area contributed by atoms with E-state index in [1.54, 1.807) is 16.6 Å². The molecule has 0 bridgehead atoms. The van der Waals surface area contributed by atoms with Crippen molar-refractivity contribution in [3.8, 4) is 10.6 Å². The van der Waals surface area contributed by atoms with E-state index >= 15 is 0 Å². The standard InChI is InChI=1S/C9H3Cl3N4S/c10-5-1-4(2-6(11)7(5)12)8-15-16-3-13-14-9(16)17-8/h1-3H. The fraction of sp³-hybridized carbons (Fsp3) is 0. The molecule has 1 aromatic carbocycles. The van der Waals surface area contributed by atoms with E-state index in [2.05, 4.69) is 15.3 Å². The largest absolute Gasteiger partial charge is 0.234 e. The first-order valence-electron chi connectivity index (χ1n) is 4.47. The van der Waals surface area contributed by atoms with Gasteiger partial charge in [0, 0.05) is 5.56 Å². The van der Waals surface area contributed by atoms with Gasteiger partial charge in [-0.3, -0.25) is 0 Å². The third kappa shape index (κ3) is 1.89. The summed E-state index contributed by atoms with van der Waals surface area (Å²) in [5.74, 6) is 0. The summed E-state index contributed by atoms with van der Waals surface area (Å²) >= 11 is 19.2. The van der Waals surface area contributed by atoms with E-state index in [1.807, 2.05) is 0 Å². The highest BCUT2D eigenvalue weighted by molar-refractivity contribution is 7.19. The zero-order valence-corrected chi connectivity index (χ0v) is 11.1. The Kier molecular flexibility index (Phi) is 2.71. The molecular weight excluding hydrogens is 303 g/mol. The van der Waals surface area contributed by atoms with Crippen LogP contribution in [0.4, 0.5) is 0 Å². The van der Waals surface area contributed by atoms with Crippen molar-refractivity contribution in [1.29, 1.82) is 0 Å². The first-order chi connectivity index (χ1) is 8.15. The van der Waals surface area contributed by atoms with Crippen molar-refractivity contribution >= 4 is 51.1 Å². The van der Waals surface area contributed by atoms with Crippen LogP contribution in [-0.4, -0.2) is 19.8 Å². The van der Waals surface area contributed by atoms with Crippen LogP contribution in [0.5, 0.6) is 0 Å². The summed E-state index contributed by atoms with van der Waals surface area (Å²) in [5, 5.41) is 13.9. The van der Waals surface area contributed by atoms with Gasteiger partial charge in [-0.15, -0.1) is 10.2 Å². The number of aromatic nitrogens is 4. The molecule has 0 spiro atoms. The molecule has 0 aliphatic heterocycles. The molecule has 0 saturated heterocycles. The Morgan fingerprint density at radius 3 is 2.47 bits per heavy atom. The Balaban J connectivity index is 2.18. The third-order valence-electron chi connectivity index (χ3n) is 2.12. The molecule has 0 aliphatic rings. The number of fused-ring (bicyclic) bond motifs is 1. The van der Waals surface area contributed by atoms with Gasteiger partial charge >= 0.3 is 0 Å². The smallest absolute Gasteiger partial charge is 0.190 e. The van der Waals surface area contributed by atoms with Crippen LogP contribution in [0.15, 0.2) is 18.5 Å². The molecule has 3 aromatic rings. The molecule has 0 fully saturated rings. The van der Waals surface area contributed by atoms with Gasteiger partial charge < -0.3 is 0 Å². The van der Waals surface area contributed by atoms with Crippen molar-refractivity contribution in [1.82, 2.24) is 19.8 Å². The fourth-order valence-electron chi connectivity index (χ4n) is 1.36. The first kappa shape index (κ1) is 11.2. The van der Waals surface area contributed by atoms with Gasteiger partial charge in [0.05, 0.1) is 15.1 Å². The average molecular weight is 306 g/mol. The third-order valence-corrected chi connectivity index (χ3v) is 4.28. The number of benzene rings is 1. The summed E-state index contributed by atoms with van der Waals surface area (Å²) in [6.07, 6.45) is 1.54. The molecule has 0 aliphatic carbocycles. The number of hydrogen-bond donors (Lipinski definition) is 0. The quantitative estimate of drug-likeness (QED) is 0.642. The number of halogens is 3. The van der Waals surface area contributed by atoms with Crippen molar-refractivity contribution in [3.05, 3.63) is 33.5 Å². The summed E-state index contributed by atoms with van der Waals surface area (Å²) in [6, 6.07) is 3.45. The van der Waals surface area contributed by atoms with E-state index in [1.165, 1.54) is 17.7 Å². The lowest BCUT2D eigenvalue weighted by Crippen LogP contribution is -1.83. The maximum absolute atomic E-state index is 5.97. The Hall–Kier alpha value is -0.880. The average Bonchev–Trinajstić information content (AvgIpc) is 2.84. The molecule has 86 valence electrons. The zero-order chi connectivity index (χ0) is 12.0. The molecule has 0 atom stereocenters. The van der Waals surface area contributed by atoms with Crippen molar-refractivity contribution in [2.45, 2.75) is 0 Å². The molecule has 4 nitrogen and oxygen atoms in total. The Morgan fingerprint density at radius 1 is 1.12 bits per heavy atom. The van der Waals surface area contributed by atoms with Gasteiger partial charge in [0.15, 0.2) is 0 Å². The molecule has 8 heteroatoms. The number of rotatable bonds is 1. The van der Waals surface area contributed by atoms with Crippen LogP contribution in [-0.2, 0) is 0 Å². The second-order valence-electron chi connectivity index (χ2n) is 3.22. The minimum Gasteiger partial charge on any atom is -0.190 e. The highest BCUT2D eigenvalue weighted by atomic mass is 35.5. The van der Waals surface area contributed by atoms with Gasteiger partial charge in [-0.25, -0.2) is 0 Å². The SMILES string of the molecule is Clc1cc(-c2nn3cnnc3s2)cc(Cl)c1Cl. The van der Waals surface area contributed by atoms with Crippen LogP contribution in [0, 0.1) is 0 Å². The van der Waals surface area contributed by atoms with Crippen molar-refractivity contribution in [2.24, 2.45) is 0 Å². The Labute approximate surface area is 115 Å². The molecule has 0 saturated carbocycles. The summed E-state index contributed by atoms with van der Waals surface area (Å²) in [7, 11) is 0. The summed E-state index contributed by atoms with van der Waals surface area (Å²) < 4.78 is 1.59. The van der Waals surface area contributed by atoms with Gasteiger partial charge in [0.25, 0.3) is 0 Å². The highest BCUT2D eigenvalue weighted by Gasteiger charge is 2.12. The van der Waals surface area contributed by atoms with Crippen LogP contribution in [0.1, 0.15) is 0 Å². The molecule has 0 N–H and O–H groups in total. The van der Waals surface area contributed by atoms with Crippen LogP contribution in [0.3, 0.4) is 0 Å². The van der Waals surface area contributed by atoms with E-state index in [0.29, 0.717) is 20.0 Å². The van der Waals surface area contributed by atoms with Crippen LogP contribution in [0.25, 0.3) is 15.5 Å². The second kappa shape index (κ2) is 4.10. The minimum atomic E-state index is 0.347. The maximum atomic E-state index is 5.97. The Bertz CT molecular complexity index is 654. The predicted molar refractivity (Wildman–Crippen MR) is 69.1 cm³/mol. The summed E-state index contributed by atoms with van der Waals surface area (Å²) in [6.45, 7) is 0. The van der Waals surface area contributed by atoms with E-state index in [-0.39, 0.29) is 0 Å². The zero-order valence-electron chi connectivity index (χ0n) is 8.06. The van der Waals surface area contributed by atoms with E-state index in [4.69, 9.17) is 34.8 Å². The molecule has 0 radical (unpaired) electrons. The Morgan fingerprint density at radius 2 is 1.82 bits per heavy atom. The molecule has 2 aromatic heterocycles. The molecule has 0 unspecified atom stereocenters. The fourth-order valence-corrected chi connectivity index (χ4v) is 2.76. The number of nitrogens with zero attached hydrogens (tertiary/aromatic N) is 4. The minimum absolute atomic E-state index is 0.347. The summed E-state index contributed by atoms with van der Waals surface area (Å²) in [5.41, 5.74) is 0.805. The second-order valence-corrected chi connectivity index (χ2v) is 5.37. The summed E-state index contributed by atoms with van der Waals surface area (Å²) in [4.78, 5) is 0.710. The normalized spacial score (nSPS) is 11.2. The van der Waals surface area contributed by atoms with Crippen molar-refractivity contribution < 1.29 is 0 Å². The highest BCUT2D eigenvalue weighted by Crippen LogP contribution is 2.36. The number of hydrogen-bond acceptors (Lipinski definition) is 4.